The van der Waals surface area contributed by atoms with Gasteiger partial charge in [0.15, 0.2) is 0 Å². The first kappa shape index (κ1) is 11.9. The molecule has 2 N–H and O–H groups in total. The predicted octanol–water partition coefficient (Wildman–Crippen LogP) is 1.06. The molecule has 4 nitrogen and oxygen atoms in total. The number of aromatic nitrogens is 2. The number of nitrogens with two attached hydrogens (primary N) is 1. The fourth-order valence-electron chi connectivity index (χ4n) is 0.889. The fourth-order valence-corrected chi connectivity index (χ4v) is 0.889. The molecular weight excluding hydrogens is 211 g/mol. The fraction of sp³-hybridized carbons (Fsp3) is 0.500. The highest BCUT2D eigenvalue weighted by molar-refractivity contribution is 5.00. The quantitative estimate of drug-likeness (QED) is 0.825. The maximum atomic E-state index is 11.7. The number of rotatable bonds is 4. The molecule has 0 aliphatic carbocycles. The minimum atomic E-state index is -4.33. The summed E-state index contributed by atoms with van der Waals surface area (Å²) >= 11 is 0. The number of ether oxygens (including phenoxy) is 1. The van der Waals surface area contributed by atoms with Crippen LogP contribution in [0.15, 0.2) is 18.6 Å². The normalized spacial score (nSPS) is 13.9. The van der Waals surface area contributed by atoms with Gasteiger partial charge in [0.1, 0.15) is 6.61 Å². The first-order valence-electron chi connectivity index (χ1n) is 4.15. The van der Waals surface area contributed by atoms with Crippen molar-refractivity contribution in [3.63, 3.8) is 0 Å². The molecule has 0 aromatic carbocycles. The van der Waals surface area contributed by atoms with Gasteiger partial charge in [-0.3, -0.25) is 9.97 Å². The molecule has 0 saturated heterocycles. The highest BCUT2D eigenvalue weighted by atomic mass is 19.4. The van der Waals surface area contributed by atoms with Crippen molar-refractivity contribution in [2.45, 2.75) is 12.2 Å². The molecule has 0 radical (unpaired) electrons. The average molecular weight is 221 g/mol. The van der Waals surface area contributed by atoms with E-state index in [2.05, 4.69) is 14.7 Å². The molecule has 0 aliphatic rings. The van der Waals surface area contributed by atoms with Gasteiger partial charge in [0.2, 0.25) is 0 Å². The van der Waals surface area contributed by atoms with Crippen LogP contribution in [0, 0.1) is 0 Å². The van der Waals surface area contributed by atoms with Gasteiger partial charge in [-0.25, -0.2) is 0 Å². The van der Waals surface area contributed by atoms with Crippen LogP contribution in [0.2, 0.25) is 0 Å². The molecule has 1 unspecified atom stereocenters. The number of alkyl halides is 3. The van der Waals surface area contributed by atoms with Crippen molar-refractivity contribution in [3.8, 4) is 0 Å². The van der Waals surface area contributed by atoms with Gasteiger partial charge >= 0.3 is 6.18 Å². The van der Waals surface area contributed by atoms with E-state index in [9.17, 15) is 13.2 Å². The second-order valence-corrected chi connectivity index (χ2v) is 2.87. The Morgan fingerprint density at radius 3 is 2.67 bits per heavy atom. The summed E-state index contributed by atoms with van der Waals surface area (Å²) in [7, 11) is 0. The zero-order valence-electron chi connectivity index (χ0n) is 7.74. The molecule has 1 rings (SSSR count). The highest BCUT2D eigenvalue weighted by Crippen LogP contribution is 2.15. The second kappa shape index (κ2) is 5.04. The van der Waals surface area contributed by atoms with Crippen LogP contribution < -0.4 is 5.73 Å². The lowest BCUT2D eigenvalue weighted by Crippen LogP contribution is -2.23. The van der Waals surface area contributed by atoms with Crippen molar-refractivity contribution in [1.82, 2.24) is 9.97 Å². The molecule has 1 aromatic rings. The van der Waals surface area contributed by atoms with Crippen molar-refractivity contribution in [1.29, 1.82) is 0 Å². The summed E-state index contributed by atoms with van der Waals surface area (Å²) in [6.07, 6.45) is -0.0740. The molecule has 0 saturated carbocycles. The third kappa shape index (κ3) is 4.71. The van der Waals surface area contributed by atoms with Crippen LogP contribution in [0.3, 0.4) is 0 Å². The molecule has 1 heterocycles. The van der Waals surface area contributed by atoms with Gasteiger partial charge in [-0.1, -0.05) is 0 Å². The summed E-state index contributed by atoms with van der Waals surface area (Å²) in [5.74, 6) is 0. The van der Waals surface area contributed by atoms with Gasteiger partial charge in [0.05, 0.1) is 24.5 Å². The third-order valence-electron chi connectivity index (χ3n) is 1.53. The lowest BCUT2D eigenvalue weighted by Gasteiger charge is -2.12. The first-order chi connectivity index (χ1) is 6.99. The highest BCUT2D eigenvalue weighted by Gasteiger charge is 2.27. The van der Waals surface area contributed by atoms with Crippen molar-refractivity contribution in [2.24, 2.45) is 5.73 Å². The average Bonchev–Trinajstić information content (AvgIpc) is 2.17. The van der Waals surface area contributed by atoms with E-state index in [-0.39, 0.29) is 6.61 Å². The Labute approximate surface area is 84.3 Å². The molecule has 1 atom stereocenters. The van der Waals surface area contributed by atoms with Gasteiger partial charge in [-0.05, 0) is 0 Å². The minimum absolute atomic E-state index is 0.238. The van der Waals surface area contributed by atoms with Crippen molar-refractivity contribution in [2.75, 3.05) is 13.2 Å². The minimum Gasteiger partial charge on any atom is -0.370 e. The maximum Gasteiger partial charge on any atom is 0.411 e. The van der Waals surface area contributed by atoms with Gasteiger partial charge in [-0.15, -0.1) is 0 Å². The second-order valence-electron chi connectivity index (χ2n) is 2.87. The first-order valence-corrected chi connectivity index (χ1v) is 4.15. The Bertz CT molecular complexity index is 291. The molecule has 0 spiro atoms. The molecule has 1 aromatic heterocycles. The summed E-state index contributed by atoms with van der Waals surface area (Å²) in [6, 6.07) is -0.693. The smallest absolute Gasteiger partial charge is 0.370 e. The Hall–Kier alpha value is -1.21. The number of nitrogens with zero attached hydrogens (tertiary/aromatic N) is 2. The van der Waals surface area contributed by atoms with E-state index in [1.165, 1.54) is 18.6 Å². The lowest BCUT2D eigenvalue weighted by molar-refractivity contribution is -0.174. The Morgan fingerprint density at radius 1 is 1.40 bits per heavy atom. The third-order valence-corrected chi connectivity index (χ3v) is 1.53. The molecule has 0 bridgehead atoms. The number of hydrogen-bond donors (Lipinski definition) is 1. The van der Waals surface area contributed by atoms with E-state index in [4.69, 9.17) is 5.73 Å². The Kier molecular flexibility index (Phi) is 3.98. The Balaban J connectivity index is 2.34. The van der Waals surface area contributed by atoms with Crippen molar-refractivity contribution >= 4 is 0 Å². The van der Waals surface area contributed by atoms with E-state index < -0.39 is 18.8 Å². The zero-order chi connectivity index (χ0) is 11.3. The SMILES string of the molecule is NC(COCC(F)(F)F)c1cnccn1. The van der Waals surface area contributed by atoms with Crippen LogP contribution in [0.1, 0.15) is 11.7 Å². The van der Waals surface area contributed by atoms with E-state index in [0.717, 1.165) is 0 Å². The van der Waals surface area contributed by atoms with Crippen LogP contribution in [0.5, 0.6) is 0 Å². The predicted molar refractivity (Wildman–Crippen MR) is 45.8 cm³/mol. The van der Waals surface area contributed by atoms with Gasteiger partial charge in [-0.2, -0.15) is 13.2 Å². The zero-order valence-corrected chi connectivity index (χ0v) is 7.74. The molecule has 0 fully saturated rings. The largest absolute Gasteiger partial charge is 0.411 e. The lowest BCUT2D eigenvalue weighted by atomic mass is 10.2. The number of halogens is 3. The van der Waals surface area contributed by atoms with Gasteiger partial charge in [0.25, 0.3) is 0 Å². The molecule has 0 aliphatic heterocycles. The summed E-state index contributed by atoms with van der Waals surface area (Å²) in [5, 5.41) is 0. The molecule has 0 amide bonds. The van der Waals surface area contributed by atoms with Crippen LogP contribution in [-0.4, -0.2) is 29.4 Å². The standard InChI is InChI=1S/C8H10F3N3O/c9-8(10,11)5-15-4-6(12)7-3-13-1-2-14-7/h1-3,6H,4-5,12H2. The van der Waals surface area contributed by atoms with Gasteiger partial charge in [0, 0.05) is 12.4 Å². The molecule has 7 heteroatoms. The van der Waals surface area contributed by atoms with Crippen LogP contribution in [0.4, 0.5) is 13.2 Å². The summed E-state index contributed by atoms with van der Waals surface area (Å²) in [4.78, 5) is 7.59. The summed E-state index contributed by atoms with van der Waals surface area (Å²) in [5.41, 5.74) is 5.93. The van der Waals surface area contributed by atoms with E-state index in [1.54, 1.807) is 0 Å². The van der Waals surface area contributed by atoms with Crippen molar-refractivity contribution in [3.05, 3.63) is 24.3 Å². The summed E-state index contributed by atoms with van der Waals surface area (Å²) < 4.78 is 39.5. The van der Waals surface area contributed by atoms with E-state index >= 15 is 0 Å². The monoisotopic (exact) mass is 221 g/mol. The summed E-state index contributed by atoms with van der Waals surface area (Å²) in [6.45, 7) is -1.54. The Morgan fingerprint density at radius 2 is 2.13 bits per heavy atom. The van der Waals surface area contributed by atoms with Crippen LogP contribution in [0.25, 0.3) is 0 Å². The molecular formula is C8H10F3N3O. The maximum absolute atomic E-state index is 11.7. The van der Waals surface area contributed by atoms with Crippen LogP contribution >= 0.6 is 0 Å². The molecule has 15 heavy (non-hydrogen) atoms. The van der Waals surface area contributed by atoms with Crippen molar-refractivity contribution < 1.29 is 17.9 Å². The number of hydrogen-bond acceptors (Lipinski definition) is 4. The van der Waals surface area contributed by atoms with Crippen LogP contribution in [-0.2, 0) is 4.74 Å². The topological polar surface area (TPSA) is 61.0 Å². The van der Waals surface area contributed by atoms with Gasteiger partial charge < -0.3 is 10.5 Å². The van der Waals surface area contributed by atoms with E-state index in [0.29, 0.717) is 5.69 Å². The molecule has 84 valence electrons. The van der Waals surface area contributed by atoms with E-state index in [1.807, 2.05) is 0 Å².